The number of hydrogen-bond donors (Lipinski definition) is 0. The van der Waals surface area contributed by atoms with Gasteiger partial charge < -0.3 is 13.7 Å². The lowest BCUT2D eigenvalue weighted by Crippen LogP contribution is -2.16. The van der Waals surface area contributed by atoms with E-state index in [4.69, 9.17) is 8.83 Å². The minimum atomic E-state index is -0.164. The molecule has 2 aliphatic rings. The van der Waals surface area contributed by atoms with E-state index in [-0.39, 0.29) is 10.8 Å². The van der Waals surface area contributed by atoms with E-state index in [9.17, 15) is 0 Å². The molecule has 300 valence electrons. The number of nitrogens with zero attached hydrogens (tertiary/aromatic N) is 1. The molecule has 0 saturated heterocycles. The third-order valence-electron chi connectivity index (χ3n) is 14.3. The molecule has 13 rings (SSSR count). The highest BCUT2D eigenvalue weighted by atomic mass is 16.3. The van der Waals surface area contributed by atoms with Crippen LogP contribution >= 0.6 is 0 Å². The Hall–Kier alpha value is -7.62. The molecule has 0 unspecified atom stereocenters. The SMILES string of the molecule is CC1(C)c2ccccc2-c2ccc(-c3c4oc5c(N(c6cccc(-c7ccccc7)c6)c6ccc7c(c6)C(C)(C)c6ccccc6-7)cccc5c4cc4oc5ccccc5c34)cc21. The second-order valence-electron chi connectivity index (χ2n) is 18.4. The summed E-state index contributed by atoms with van der Waals surface area (Å²) in [6, 6.07) is 68.4. The van der Waals surface area contributed by atoms with Crippen molar-refractivity contribution in [3.63, 3.8) is 0 Å². The molecule has 0 amide bonds. The molecule has 0 radical (unpaired) electrons. The van der Waals surface area contributed by atoms with Gasteiger partial charge in [0.05, 0.1) is 5.69 Å². The van der Waals surface area contributed by atoms with Gasteiger partial charge in [-0.15, -0.1) is 0 Å². The largest absolute Gasteiger partial charge is 0.456 e. The van der Waals surface area contributed by atoms with Crippen molar-refractivity contribution < 1.29 is 8.83 Å². The standard InChI is InChI=1S/C60H43NO2/c1-59(2)48-24-11-8-20-41(48)43-30-28-38(33-50(43)59)55-56-46-22-10-13-27-53(46)62-54(56)35-47-45-23-15-26-52(57(45)63-58(47)55)61(39-19-14-18-37(32-39)36-16-6-5-7-17-36)40-29-31-44-42-21-9-12-25-49(42)60(3,4)51(44)34-40/h5-35H,1-4H3. The first kappa shape index (κ1) is 36.1. The second-order valence-corrected chi connectivity index (χ2v) is 18.4. The second kappa shape index (κ2) is 13.0. The van der Waals surface area contributed by atoms with Gasteiger partial charge in [0.2, 0.25) is 0 Å². The lowest BCUT2D eigenvalue weighted by Gasteiger charge is -2.28. The summed E-state index contributed by atoms with van der Waals surface area (Å²) >= 11 is 0. The van der Waals surface area contributed by atoms with Gasteiger partial charge in [-0.2, -0.15) is 0 Å². The van der Waals surface area contributed by atoms with Gasteiger partial charge >= 0.3 is 0 Å². The van der Waals surface area contributed by atoms with Gasteiger partial charge in [-0.05, 0) is 110 Å². The van der Waals surface area contributed by atoms with Gasteiger partial charge in [-0.3, -0.25) is 0 Å². The molecule has 2 aliphatic carbocycles. The zero-order valence-corrected chi connectivity index (χ0v) is 35.7. The number of hydrogen-bond acceptors (Lipinski definition) is 3. The first-order chi connectivity index (χ1) is 30.8. The van der Waals surface area contributed by atoms with Crippen LogP contribution in [0.4, 0.5) is 17.1 Å². The quantitative estimate of drug-likeness (QED) is 0.173. The Kier molecular flexibility index (Phi) is 7.42. The van der Waals surface area contributed by atoms with Crippen LogP contribution in [0.15, 0.2) is 197 Å². The van der Waals surface area contributed by atoms with Crippen LogP contribution in [0.3, 0.4) is 0 Å². The minimum Gasteiger partial charge on any atom is -0.456 e. The first-order valence-electron chi connectivity index (χ1n) is 22.0. The summed E-state index contributed by atoms with van der Waals surface area (Å²) in [7, 11) is 0. The molecule has 2 aromatic heterocycles. The summed E-state index contributed by atoms with van der Waals surface area (Å²) in [4.78, 5) is 2.39. The van der Waals surface area contributed by atoms with Crippen molar-refractivity contribution in [2.75, 3.05) is 4.90 Å². The van der Waals surface area contributed by atoms with E-state index < -0.39 is 0 Å². The number of furan rings is 2. The molecular weight excluding hydrogens is 767 g/mol. The highest BCUT2D eigenvalue weighted by Gasteiger charge is 2.37. The molecule has 3 nitrogen and oxygen atoms in total. The Morgan fingerprint density at radius 1 is 0.365 bits per heavy atom. The Morgan fingerprint density at radius 3 is 1.75 bits per heavy atom. The van der Waals surface area contributed by atoms with Crippen LogP contribution in [0, 0.1) is 0 Å². The van der Waals surface area contributed by atoms with Crippen molar-refractivity contribution in [3.05, 3.63) is 210 Å². The van der Waals surface area contributed by atoms with Gasteiger partial charge in [0.1, 0.15) is 16.7 Å². The van der Waals surface area contributed by atoms with Gasteiger partial charge in [-0.25, -0.2) is 0 Å². The lowest BCUT2D eigenvalue weighted by molar-refractivity contribution is 0.659. The van der Waals surface area contributed by atoms with Crippen LogP contribution in [0.25, 0.3) is 88.4 Å². The van der Waals surface area contributed by atoms with Crippen molar-refractivity contribution in [1.82, 2.24) is 0 Å². The molecule has 0 atom stereocenters. The Labute approximate surface area is 366 Å². The first-order valence-corrected chi connectivity index (χ1v) is 22.0. The van der Waals surface area contributed by atoms with Gasteiger partial charge in [-0.1, -0.05) is 167 Å². The fourth-order valence-corrected chi connectivity index (χ4v) is 11.1. The maximum Gasteiger partial charge on any atom is 0.159 e. The highest BCUT2D eigenvalue weighted by molar-refractivity contribution is 6.24. The molecular formula is C60H43NO2. The van der Waals surface area contributed by atoms with Crippen LogP contribution in [-0.4, -0.2) is 0 Å². The minimum absolute atomic E-state index is 0.158. The number of anilines is 3. The van der Waals surface area contributed by atoms with E-state index >= 15 is 0 Å². The maximum absolute atomic E-state index is 7.47. The van der Waals surface area contributed by atoms with Crippen molar-refractivity contribution >= 4 is 60.9 Å². The molecule has 3 heteroatoms. The van der Waals surface area contributed by atoms with E-state index in [1.165, 1.54) is 50.1 Å². The fraction of sp³-hybridized carbons (Fsp3) is 0.100. The number of fused-ring (bicyclic) bond motifs is 12. The number of benzene rings is 9. The van der Waals surface area contributed by atoms with Crippen molar-refractivity contribution in [2.24, 2.45) is 0 Å². The normalized spacial score (nSPS) is 14.3. The summed E-state index contributed by atoms with van der Waals surface area (Å²) in [6.07, 6.45) is 0. The van der Waals surface area contributed by atoms with Crippen molar-refractivity contribution in [2.45, 2.75) is 38.5 Å². The van der Waals surface area contributed by atoms with Crippen molar-refractivity contribution in [3.8, 4) is 44.5 Å². The van der Waals surface area contributed by atoms with Crippen LogP contribution in [0.5, 0.6) is 0 Å². The molecule has 63 heavy (non-hydrogen) atoms. The third-order valence-corrected chi connectivity index (χ3v) is 14.3. The van der Waals surface area contributed by atoms with Gasteiger partial charge in [0, 0.05) is 49.3 Å². The summed E-state index contributed by atoms with van der Waals surface area (Å²) in [6.45, 7) is 9.39. The zero-order chi connectivity index (χ0) is 42.2. The molecule has 11 aromatic rings. The third kappa shape index (κ3) is 5.08. The number of rotatable bonds is 5. The van der Waals surface area contributed by atoms with E-state index in [0.717, 1.165) is 77.6 Å². The maximum atomic E-state index is 7.47. The molecule has 0 saturated carbocycles. The van der Waals surface area contributed by atoms with Crippen molar-refractivity contribution in [1.29, 1.82) is 0 Å². The van der Waals surface area contributed by atoms with Gasteiger partial charge in [0.25, 0.3) is 0 Å². The molecule has 0 spiro atoms. The average molecular weight is 810 g/mol. The summed E-state index contributed by atoms with van der Waals surface area (Å²) < 4.78 is 14.2. The molecule has 9 aromatic carbocycles. The fourth-order valence-electron chi connectivity index (χ4n) is 11.1. The Balaban J connectivity index is 1.08. The van der Waals surface area contributed by atoms with E-state index in [1.54, 1.807) is 0 Å². The summed E-state index contributed by atoms with van der Waals surface area (Å²) in [5.74, 6) is 0. The molecule has 0 N–H and O–H groups in total. The van der Waals surface area contributed by atoms with Crippen LogP contribution in [0.1, 0.15) is 49.9 Å². The zero-order valence-electron chi connectivity index (χ0n) is 35.7. The summed E-state index contributed by atoms with van der Waals surface area (Å²) in [5, 5.41) is 4.21. The van der Waals surface area contributed by atoms with Crippen LogP contribution in [-0.2, 0) is 10.8 Å². The van der Waals surface area contributed by atoms with E-state index in [1.807, 2.05) is 6.07 Å². The van der Waals surface area contributed by atoms with Gasteiger partial charge in [0.15, 0.2) is 5.58 Å². The van der Waals surface area contributed by atoms with E-state index in [2.05, 4.69) is 215 Å². The Bertz CT molecular complexity index is 3690. The molecule has 2 heterocycles. The molecule has 0 bridgehead atoms. The molecule has 0 aliphatic heterocycles. The van der Waals surface area contributed by atoms with Crippen LogP contribution in [0.2, 0.25) is 0 Å². The molecule has 0 fully saturated rings. The van der Waals surface area contributed by atoms with Crippen LogP contribution < -0.4 is 4.90 Å². The topological polar surface area (TPSA) is 29.5 Å². The average Bonchev–Trinajstić information content (AvgIpc) is 4.01. The summed E-state index contributed by atoms with van der Waals surface area (Å²) in [5.41, 5.74) is 21.2. The Morgan fingerprint density at radius 2 is 0.968 bits per heavy atom. The van der Waals surface area contributed by atoms with E-state index in [0.29, 0.717) is 0 Å². The lowest BCUT2D eigenvalue weighted by atomic mass is 9.81. The predicted molar refractivity (Wildman–Crippen MR) is 262 cm³/mol. The monoisotopic (exact) mass is 809 g/mol. The predicted octanol–water partition coefficient (Wildman–Crippen LogP) is 16.9. The number of para-hydroxylation sites is 2. The highest BCUT2D eigenvalue weighted by Crippen LogP contribution is 2.54. The smallest absolute Gasteiger partial charge is 0.159 e.